The van der Waals surface area contributed by atoms with E-state index < -0.39 is 5.97 Å². The van der Waals surface area contributed by atoms with Gasteiger partial charge in [-0.2, -0.15) is 0 Å². The molecule has 0 aliphatic rings. The predicted molar refractivity (Wildman–Crippen MR) is 118 cm³/mol. The molecule has 0 spiro atoms. The molecule has 0 fully saturated rings. The van der Waals surface area contributed by atoms with E-state index in [1.165, 1.54) is 0 Å². The minimum Gasteiger partial charge on any atom is -0.481 e. The zero-order valence-electron chi connectivity index (χ0n) is 16.0. The van der Waals surface area contributed by atoms with Gasteiger partial charge < -0.3 is 14.6 Å². The lowest BCUT2D eigenvalue weighted by Crippen LogP contribution is -2.10. The summed E-state index contributed by atoms with van der Waals surface area (Å²) in [7, 11) is 2.01. The number of rotatable bonds is 6. The van der Waals surface area contributed by atoms with E-state index in [2.05, 4.69) is 27.7 Å². The predicted octanol–water partition coefficient (Wildman–Crippen LogP) is 5.74. The van der Waals surface area contributed by atoms with Gasteiger partial charge in [-0.1, -0.05) is 48.0 Å². The summed E-state index contributed by atoms with van der Waals surface area (Å²) in [5, 5.41) is 10.9. The van der Waals surface area contributed by atoms with Gasteiger partial charge in [0.05, 0.1) is 6.42 Å². The number of fused-ring (bicyclic) bond motifs is 1. The highest BCUT2D eigenvalue weighted by Crippen LogP contribution is 2.28. The summed E-state index contributed by atoms with van der Waals surface area (Å²) in [5.74, 6) is -0.821. The Balaban J connectivity index is 1.66. The molecule has 4 nitrogen and oxygen atoms in total. The average molecular weight is 405 g/mol. The number of halogens is 1. The Morgan fingerprint density at radius 2 is 1.72 bits per heavy atom. The Morgan fingerprint density at radius 3 is 2.48 bits per heavy atom. The first-order valence-electron chi connectivity index (χ1n) is 9.38. The molecule has 1 aromatic heterocycles. The minimum absolute atomic E-state index is 0.0189. The van der Waals surface area contributed by atoms with Crippen LogP contribution in [0.1, 0.15) is 11.1 Å². The summed E-state index contributed by atoms with van der Waals surface area (Å²) < 4.78 is 2.12. The number of hydrogen-bond donors (Lipinski definition) is 1. The number of hydrogen-bond acceptors (Lipinski definition) is 2. The maximum atomic E-state index is 11.2. The molecule has 29 heavy (non-hydrogen) atoms. The molecule has 146 valence electrons. The van der Waals surface area contributed by atoms with Crippen molar-refractivity contribution in [1.29, 1.82) is 0 Å². The molecule has 0 saturated carbocycles. The van der Waals surface area contributed by atoms with Gasteiger partial charge in [0, 0.05) is 47.1 Å². The van der Waals surface area contributed by atoms with Gasteiger partial charge in [0.25, 0.3) is 0 Å². The van der Waals surface area contributed by atoms with Crippen molar-refractivity contribution >= 4 is 39.8 Å². The third-order valence-corrected chi connectivity index (χ3v) is 5.29. The number of aliphatic carboxylic acids is 1. The molecule has 0 radical (unpaired) electrons. The molecule has 0 bridgehead atoms. The number of para-hydroxylation sites is 1. The lowest BCUT2D eigenvalue weighted by Gasteiger charge is -2.20. The van der Waals surface area contributed by atoms with Crippen molar-refractivity contribution in [3.8, 4) is 0 Å². The Morgan fingerprint density at radius 1 is 1.00 bits per heavy atom. The smallest absolute Gasteiger partial charge is 0.307 e. The Hall–Kier alpha value is -3.24. The molecule has 3 aromatic carbocycles. The van der Waals surface area contributed by atoms with Gasteiger partial charge in [-0.25, -0.2) is 0 Å². The highest BCUT2D eigenvalue weighted by Gasteiger charge is 2.12. The normalized spacial score (nSPS) is 11.0. The molecule has 0 atom stereocenters. The van der Waals surface area contributed by atoms with Crippen LogP contribution in [0.25, 0.3) is 10.9 Å². The molecule has 0 aliphatic heterocycles. The zero-order chi connectivity index (χ0) is 20.4. The van der Waals surface area contributed by atoms with Gasteiger partial charge in [-0.15, -0.1) is 0 Å². The van der Waals surface area contributed by atoms with E-state index in [4.69, 9.17) is 11.6 Å². The second-order valence-corrected chi connectivity index (χ2v) is 7.52. The summed E-state index contributed by atoms with van der Waals surface area (Å²) >= 11 is 6.14. The van der Waals surface area contributed by atoms with E-state index >= 15 is 0 Å². The van der Waals surface area contributed by atoms with Crippen molar-refractivity contribution in [2.45, 2.75) is 13.0 Å². The number of aromatic nitrogens is 1. The van der Waals surface area contributed by atoms with Gasteiger partial charge in [-0.3, -0.25) is 4.79 Å². The summed E-state index contributed by atoms with van der Waals surface area (Å²) in [5.41, 5.74) is 5.09. The van der Waals surface area contributed by atoms with Crippen molar-refractivity contribution in [3.05, 3.63) is 95.1 Å². The van der Waals surface area contributed by atoms with E-state index in [-0.39, 0.29) is 6.42 Å². The maximum Gasteiger partial charge on any atom is 0.307 e. The van der Waals surface area contributed by atoms with Crippen LogP contribution in [0.4, 0.5) is 11.4 Å². The monoisotopic (exact) mass is 404 g/mol. The van der Waals surface area contributed by atoms with Crippen LogP contribution in [0.15, 0.2) is 79.0 Å². The van der Waals surface area contributed by atoms with E-state index in [1.807, 2.05) is 67.8 Å². The van der Waals surface area contributed by atoms with Crippen LogP contribution in [0.2, 0.25) is 5.02 Å². The third-order valence-electron chi connectivity index (χ3n) is 5.06. The fourth-order valence-corrected chi connectivity index (χ4v) is 3.84. The van der Waals surface area contributed by atoms with E-state index in [9.17, 15) is 9.90 Å². The molecule has 1 heterocycles. The lowest BCUT2D eigenvalue weighted by molar-refractivity contribution is -0.136. The van der Waals surface area contributed by atoms with E-state index in [0.29, 0.717) is 11.6 Å². The van der Waals surface area contributed by atoms with Gasteiger partial charge in [-0.05, 0) is 47.5 Å². The molecule has 4 rings (SSSR count). The highest BCUT2D eigenvalue weighted by molar-refractivity contribution is 6.30. The lowest BCUT2D eigenvalue weighted by atomic mass is 10.1. The molecular weight excluding hydrogens is 384 g/mol. The number of carboxylic acid groups (broad SMARTS) is 1. The Labute approximate surface area is 174 Å². The first-order chi connectivity index (χ1) is 14.0. The number of carbonyl (C=O) groups is 1. The average Bonchev–Trinajstić information content (AvgIpc) is 3.04. The standard InChI is InChI=1S/C24H21ClN2O2/c1-26(21-9-5-7-19(25)14-21)20-8-4-6-17(12-20)15-27-16-18(13-24(28)29)22-10-2-3-11-23(22)27/h2-12,14,16H,13,15H2,1H3,(H,28,29). The number of benzene rings is 3. The molecule has 5 heteroatoms. The fraction of sp³-hybridized carbons (Fsp3) is 0.125. The summed E-state index contributed by atoms with van der Waals surface area (Å²) in [6.45, 7) is 0.664. The van der Waals surface area contributed by atoms with Crippen molar-refractivity contribution in [2.75, 3.05) is 11.9 Å². The van der Waals surface area contributed by atoms with Gasteiger partial charge in [0.1, 0.15) is 0 Å². The summed E-state index contributed by atoms with van der Waals surface area (Å²) in [6, 6.07) is 24.0. The molecule has 0 amide bonds. The van der Waals surface area contributed by atoms with E-state index in [1.54, 1.807) is 0 Å². The number of carboxylic acids is 1. The first kappa shape index (κ1) is 19.1. The van der Waals surface area contributed by atoms with Crippen LogP contribution < -0.4 is 4.90 Å². The SMILES string of the molecule is CN(c1cccc(Cl)c1)c1cccc(Cn2cc(CC(=O)O)c3ccccc32)c1. The van der Waals surface area contributed by atoms with Crippen molar-refractivity contribution in [1.82, 2.24) is 4.57 Å². The highest BCUT2D eigenvalue weighted by atomic mass is 35.5. The van der Waals surface area contributed by atoms with Crippen molar-refractivity contribution < 1.29 is 9.90 Å². The van der Waals surface area contributed by atoms with Crippen molar-refractivity contribution in [3.63, 3.8) is 0 Å². The van der Waals surface area contributed by atoms with Crippen LogP contribution in [0.3, 0.4) is 0 Å². The van der Waals surface area contributed by atoms with Gasteiger partial charge in [0.2, 0.25) is 0 Å². The topological polar surface area (TPSA) is 45.5 Å². The van der Waals surface area contributed by atoms with Crippen LogP contribution in [-0.4, -0.2) is 22.7 Å². The van der Waals surface area contributed by atoms with Crippen LogP contribution in [-0.2, 0) is 17.8 Å². The van der Waals surface area contributed by atoms with E-state index in [0.717, 1.165) is 33.4 Å². The quantitative estimate of drug-likeness (QED) is 0.445. The van der Waals surface area contributed by atoms with Crippen molar-refractivity contribution in [2.24, 2.45) is 0 Å². The second kappa shape index (κ2) is 8.02. The maximum absolute atomic E-state index is 11.2. The summed E-state index contributed by atoms with van der Waals surface area (Å²) in [4.78, 5) is 13.3. The third kappa shape index (κ3) is 4.13. The Bertz CT molecular complexity index is 1180. The fourth-order valence-electron chi connectivity index (χ4n) is 3.65. The van der Waals surface area contributed by atoms with Crippen LogP contribution in [0, 0.1) is 0 Å². The minimum atomic E-state index is -0.821. The molecular formula is C24H21ClN2O2. The second-order valence-electron chi connectivity index (χ2n) is 7.08. The first-order valence-corrected chi connectivity index (χ1v) is 9.76. The zero-order valence-corrected chi connectivity index (χ0v) is 16.8. The summed E-state index contributed by atoms with van der Waals surface area (Å²) in [6.07, 6.45) is 1.97. The number of anilines is 2. The molecule has 0 saturated heterocycles. The molecule has 1 N–H and O–H groups in total. The molecule has 0 unspecified atom stereocenters. The Kier molecular flexibility index (Phi) is 5.28. The molecule has 0 aliphatic carbocycles. The molecule has 4 aromatic rings. The van der Waals surface area contributed by atoms with Gasteiger partial charge >= 0.3 is 5.97 Å². The van der Waals surface area contributed by atoms with Crippen LogP contribution >= 0.6 is 11.6 Å². The van der Waals surface area contributed by atoms with Crippen LogP contribution in [0.5, 0.6) is 0 Å². The number of nitrogens with zero attached hydrogens (tertiary/aromatic N) is 2. The largest absolute Gasteiger partial charge is 0.481 e. The van der Waals surface area contributed by atoms with Gasteiger partial charge in [0.15, 0.2) is 0 Å².